The molecule has 3 aromatic rings. The molecule has 4 rings (SSSR count). The first-order valence-electron chi connectivity index (χ1n) is 9.80. The Kier molecular flexibility index (Phi) is 5.46. The highest BCUT2D eigenvalue weighted by molar-refractivity contribution is 6.03. The number of H-pyrrole nitrogens is 1. The zero-order valence-electron chi connectivity index (χ0n) is 16.0. The minimum atomic E-state index is -0.522. The first-order chi connectivity index (χ1) is 14.1. The number of nitrogens with zero attached hydrogens (tertiary/aromatic N) is 1. The highest BCUT2D eigenvalue weighted by Gasteiger charge is 2.20. The van der Waals surface area contributed by atoms with E-state index in [1.54, 1.807) is 4.90 Å². The van der Waals surface area contributed by atoms with Crippen LogP contribution in [0.4, 0.5) is 14.9 Å². The summed E-state index contributed by atoms with van der Waals surface area (Å²) in [6.07, 6.45) is 4.51. The molecule has 0 aliphatic carbocycles. The lowest BCUT2D eigenvalue weighted by Crippen LogP contribution is -2.33. The van der Waals surface area contributed by atoms with Crippen LogP contribution in [-0.4, -0.2) is 41.5 Å². The van der Waals surface area contributed by atoms with Gasteiger partial charge in [-0.3, -0.25) is 4.79 Å². The molecule has 1 saturated heterocycles. The number of para-hydroxylation sites is 1. The SMILES string of the molecule is O=C(NCCc1c[nH]c2ccccc12)c1cc(F)ccc1NC(=O)N1CCCC1. The van der Waals surface area contributed by atoms with Crippen molar-refractivity contribution >= 4 is 28.5 Å². The van der Waals surface area contributed by atoms with Gasteiger partial charge >= 0.3 is 6.03 Å². The molecule has 2 aromatic carbocycles. The molecule has 150 valence electrons. The molecular formula is C22H23FN4O2. The van der Waals surface area contributed by atoms with Crippen molar-refractivity contribution in [1.82, 2.24) is 15.2 Å². The number of aromatic nitrogens is 1. The summed E-state index contributed by atoms with van der Waals surface area (Å²) in [6.45, 7) is 1.79. The van der Waals surface area contributed by atoms with Crippen LogP contribution >= 0.6 is 0 Å². The van der Waals surface area contributed by atoms with Gasteiger partial charge in [0.2, 0.25) is 0 Å². The van der Waals surface area contributed by atoms with Crippen LogP contribution in [0.5, 0.6) is 0 Å². The molecule has 3 amide bonds. The number of hydrogen-bond donors (Lipinski definition) is 3. The number of nitrogens with one attached hydrogen (secondary N) is 3. The van der Waals surface area contributed by atoms with Gasteiger partial charge in [-0.2, -0.15) is 0 Å². The molecule has 2 heterocycles. The average molecular weight is 394 g/mol. The lowest BCUT2D eigenvalue weighted by atomic mass is 10.1. The summed E-state index contributed by atoms with van der Waals surface area (Å²) in [5, 5.41) is 6.69. The molecule has 1 fully saturated rings. The van der Waals surface area contributed by atoms with E-state index in [-0.39, 0.29) is 11.6 Å². The number of anilines is 1. The molecule has 29 heavy (non-hydrogen) atoms. The lowest BCUT2D eigenvalue weighted by Gasteiger charge is -2.18. The quantitative estimate of drug-likeness (QED) is 0.614. The summed E-state index contributed by atoms with van der Waals surface area (Å²) < 4.78 is 13.8. The van der Waals surface area contributed by atoms with E-state index in [1.807, 2.05) is 30.5 Å². The zero-order chi connectivity index (χ0) is 20.2. The smallest absolute Gasteiger partial charge is 0.321 e. The van der Waals surface area contributed by atoms with Gasteiger partial charge in [0.05, 0.1) is 11.3 Å². The van der Waals surface area contributed by atoms with Gasteiger partial charge in [-0.1, -0.05) is 18.2 Å². The maximum Gasteiger partial charge on any atom is 0.321 e. The van der Waals surface area contributed by atoms with Crippen LogP contribution in [0.2, 0.25) is 0 Å². The maximum atomic E-state index is 13.8. The Morgan fingerprint density at radius 1 is 1.10 bits per heavy atom. The van der Waals surface area contributed by atoms with E-state index in [9.17, 15) is 14.0 Å². The van der Waals surface area contributed by atoms with Crippen LogP contribution in [0, 0.1) is 5.82 Å². The van der Waals surface area contributed by atoms with E-state index in [4.69, 9.17) is 0 Å². The van der Waals surface area contributed by atoms with E-state index in [0.29, 0.717) is 31.7 Å². The van der Waals surface area contributed by atoms with Gasteiger partial charge in [0, 0.05) is 36.7 Å². The van der Waals surface area contributed by atoms with Crippen molar-refractivity contribution in [2.24, 2.45) is 0 Å². The summed E-state index contributed by atoms with van der Waals surface area (Å²) >= 11 is 0. The van der Waals surface area contributed by atoms with Crippen molar-refractivity contribution < 1.29 is 14.0 Å². The lowest BCUT2D eigenvalue weighted by molar-refractivity contribution is 0.0954. The fourth-order valence-corrected chi connectivity index (χ4v) is 3.67. The van der Waals surface area contributed by atoms with Gasteiger partial charge in [0.15, 0.2) is 0 Å². The van der Waals surface area contributed by atoms with E-state index in [1.165, 1.54) is 12.1 Å². The van der Waals surface area contributed by atoms with Crippen LogP contribution in [0.15, 0.2) is 48.7 Å². The van der Waals surface area contributed by atoms with Crippen LogP contribution in [0.1, 0.15) is 28.8 Å². The van der Waals surface area contributed by atoms with Gasteiger partial charge in [-0.15, -0.1) is 0 Å². The van der Waals surface area contributed by atoms with Crippen LogP contribution < -0.4 is 10.6 Å². The molecule has 1 aliphatic rings. The molecule has 0 radical (unpaired) electrons. The Hall–Kier alpha value is -3.35. The number of aromatic amines is 1. The maximum absolute atomic E-state index is 13.8. The highest BCUT2D eigenvalue weighted by Crippen LogP contribution is 2.20. The number of urea groups is 1. The number of rotatable bonds is 5. The second-order valence-electron chi connectivity index (χ2n) is 7.18. The Labute approximate surface area is 168 Å². The van der Waals surface area contributed by atoms with Crippen molar-refractivity contribution in [1.29, 1.82) is 0 Å². The Morgan fingerprint density at radius 3 is 2.72 bits per heavy atom. The number of halogens is 1. The fourth-order valence-electron chi connectivity index (χ4n) is 3.67. The number of fused-ring (bicyclic) bond motifs is 1. The van der Waals surface area contributed by atoms with Gasteiger partial charge in [-0.05, 0) is 49.1 Å². The Balaban J connectivity index is 1.42. The van der Waals surface area contributed by atoms with Crippen LogP contribution in [0.25, 0.3) is 10.9 Å². The molecule has 0 unspecified atom stereocenters. The summed E-state index contributed by atoms with van der Waals surface area (Å²) in [6, 6.07) is 11.5. The standard InChI is InChI=1S/C22H23FN4O2/c23-16-7-8-20(26-22(29)27-11-3-4-12-27)18(13-16)21(28)24-10-9-15-14-25-19-6-2-1-5-17(15)19/h1-2,5-8,13-14,25H,3-4,9-12H2,(H,24,28)(H,26,29). The van der Waals surface area contributed by atoms with E-state index in [0.717, 1.165) is 35.4 Å². The van der Waals surface area contributed by atoms with Crippen molar-refractivity contribution in [3.63, 3.8) is 0 Å². The number of carbonyl (C=O) groups is 2. The van der Waals surface area contributed by atoms with Crippen LogP contribution in [0.3, 0.4) is 0 Å². The number of amides is 3. The van der Waals surface area contributed by atoms with Crippen molar-refractivity contribution in [3.05, 3.63) is 65.6 Å². The molecular weight excluding hydrogens is 371 g/mol. The molecule has 3 N–H and O–H groups in total. The molecule has 6 nitrogen and oxygen atoms in total. The number of hydrogen-bond acceptors (Lipinski definition) is 2. The highest BCUT2D eigenvalue weighted by atomic mass is 19.1. The van der Waals surface area contributed by atoms with Gasteiger partial charge in [0.1, 0.15) is 5.82 Å². The van der Waals surface area contributed by atoms with Crippen molar-refractivity contribution in [2.45, 2.75) is 19.3 Å². The Bertz CT molecular complexity index is 1040. The third kappa shape index (κ3) is 4.23. The first-order valence-corrected chi connectivity index (χ1v) is 9.80. The Morgan fingerprint density at radius 2 is 1.90 bits per heavy atom. The summed E-state index contributed by atoms with van der Waals surface area (Å²) in [5.74, 6) is -0.938. The minimum absolute atomic E-state index is 0.122. The molecule has 0 atom stereocenters. The third-order valence-electron chi connectivity index (χ3n) is 5.22. The molecule has 0 bridgehead atoms. The molecule has 7 heteroatoms. The molecule has 1 aromatic heterocycles. The van der Waals surface area contributed by atoms with Crippen molar-refractivity contribution in [3.8, 4) is 0 Å². The molecule has 0 saturated carbocycles. The van der Waals surface area contributed by atoms with Gasteiger partial charge < -0.3 is 20.5 Å². The number of carbonyl (C=O) groups excluding carboxylic acids is 2. The zero-order valence-corrected chi connectivity index (χ0v) is 16.0. The van der Waals surface area contributed by atoms with Gasteiger partial charge in [0.25, 0.3) is 5.91 Å². The number of benzene rings is 2. The predicted octanol–water partition coefficient (Wildman–Crippen LogP) is 3.91. The molecule has 0 spiro atoms. The second kappa shape index (κ2) is 8.34. The normalized spacial score (nSPS) is 13.6. The van der Waals surface area contributed by atoms with E-state index >= 15 is 0 Å². The largest absolute Gasteiger partial charge is 0.361 e. The summed E-state index contributed by atoms with van der Waals surface area (Å²) in [5.41, 5.74) is 2.58. The molecule has 1 aliphatic heterocycles. The number of likely N-dealkylation sites (tertiary alicyclic amines) is 1. The van der Waals surface area contributed by atoms with E-state index in [2.05, 4.69) is 15.6 Å². The average Bonchev–Trinajstić information content (AvgIpc) is 3.40. The van der Waals surface area contributed by atoms with Gasteiger partial charge in [-0.25, -0.2) is 9.18 Å². The summed E-state index contributed by atoms with van der Waals surface area (Å²) in [4.78, 5) is 29.9. The topological polar surface area (TPSA) is 77.2 Å². The van der Waals surface area contributed by atoms with E-state index < -0.39 is 11.7 Å². The fraction of sp³-hybridized carbons (Fsp3) is 0.273. The first kappa shape index (κ1) is 19.0. The van der Waals surface area contributed by atoms with Crippen LogP contribution in [-0.2, 0) is 6.42 Å². The minimum Gasteiger partial charge on any atom is -0.361 e. The third-order valence-corrected chi connectivity index (χ3v) is 5.22. The predicted molar refractivity (Wildman–Crippen MR) is 111 cm³/mol. The monoisotopic (exact) mass is 394 g/mol. The van der Waals surface area contributed by atoms with Crippen molar-refractivity contribution in [2.75, 3.05) is 25.0 Å². The summed E-state index contributed by atoms with van der Waals surface area (Å²) in [7, 11) is 0. The second-order valence-corrected chi connectivity index (χ2v) is 7.18.